The minimum Gasteiger partial charge on any atom is -0.314 e. The average molecular weight is 300 g/mol. The fourth-order valence-electron chi connectivity index (χ4n) is 3.28. The molecule has 1 aromatic carbocycles. The van der Waals surface area contributed by atoms with E-state index >= 15 is 0 Å². The lowest BCUT2D eigenvalue weighted by atomic mass is 9.72. The van der Waals surface area contributed by atoms with E-state index in [1.807, 2.05) is 12.1 Å². The molecule has 1 aliphatic carbocycles. The van der Waals surface area contributed by atoms with Crippen LogP contribution in [0, 0.1) is 5.92 Å². The SMILES string of the molecule is CC(C)NCC1(c2ccc(Cl)cc2Cl)CCCC1C. The van der Waals surface area contributed by atoms with Crippen LogP contribution in [-0.2, 0) is 5.41 Å². The molecule has 0 spiro atoms. The molecular weight excluding hydrogens is 277 g/mol. The summed E-state index contributed by atoms with van der Waals surface area (Å²) in [6.45, 7) is 7.72. The standard InChI is InChI=1S/C16H23Cl2N/c1-11(2)19-10-16(8-4-5-12(16)3)14-7-6-13(17)9-15(14)18/h6-7,9,11-12,19H,4-5,8,10H2,1-3H3. The number of rotatable bonds is 4. The van der Waals surface area contributed by atoms with E-state index < -0.39 is 0 Å². The Hall–Kier alpha value is -0.240. The number of hydrogen-bond acceptors (Lipinski definition) is 1. The Kier molecular flexibility index (Phi) is 4.81. The van der Waals surface area contributed by atoms with Gasteiger partial charge in [0.2, 0.25) is 0 Å². The predicted octanol–water partition coefficient (Wildman–Crippen LogP) is 5.05. The van der Waals surface area contributed by atoms with E-state index in [9.17, 15) is 0 Å². The van der Waals surface area contributed by atoms with Crippen molar-refractivity contribution in [3.8, 4) is 0 Å². The third-order valence-corrected chi connectivity index (χ3v) is 5.04. The summed E-state index contributed by atoms with van der Waals surface area (Å²) in [6.07, 6.45) is 3.76. The van der Waals surface area contributed by atoms with Gasteiger partial charge in [-0.15, -0.1) is 0 Å². The largest absolute Gasteiger partial charge is 0.314 e. The highest BCUT2D eigenvalue weighted by Gasteiger charge is 2.42. The minimum atomic E-state index is 0.159. The molecule has 0 aliphatic heterocycles. The molecular formula is C16H23Cl2N. The van der Waals surface area contributed by atoms with Gasteiger partial charge in [-0.3, -0.25) is 0 Å². The summed E-state index contributed by atoms with van der Waals surface area (Å²) >= 11 is 12.5. The normalized spacial score (nSPS) is 27.2. The van der Waals surface area contributed by atoms with Gasteiger partial charge in [0.15, 0.2) is 0 Å². The number of nitrogens with one attached hydrogen (secondary N) is 1. The van der Waals surface area contributed by atoms with Crippen LogP contribution in [0.25, 0.3) is 0 Å². The van der Waals surface area contributed by atoms with E-state index in [2.05, 4.69) is 32.2 Å². The fourth-order valence-corrected chi connectivity index (χ4v) is 3.88. The first-order chi connectivity index (χ1) is 8.95. The molecule has 19 heavy (non-hydrogen) atoms. The van der Waals surface area contributed by atoms with Gasteiger partial charge in [-0.2, -0.15) is 0 Å². The van der Waals surface area contributed by atoms with Crippen molar-refractivity contribution < 1.29 is 0 Å². The van der Waals surface area contributed by atoms with E-state index in [0.717, 1.165) is 11.6 Å². The van der Waals surface area contributed by atoms with Crippen LogP contribution in [0.1, 0.15) is 45.6 Å². The van der Waals surface area contributed by atoms with E-state index in [1.165, 1.54) is 24.8 Å². The summed E-state index contributed by atoms with van der Waals surface area (Å²) in [5.41, 5.74) is 1.42. The van der Waals surface area contributed by atoms with Gasteiger partial charge in [0.1, 0.15) is 0 Å². The number of benzene rings is 1. The topological polar surface area (TPSA) is 12.0 Å². The van der Waals surface area contributed by atoms with Crippen LogP contribution in [0.4, 0.5) is 0 Å². The van der Waals surface area contributed by atoms with Crippen LogP contribution < -0.4 is 5.32 Å². The smallest absolute Gasteiger partial charge is 0.0459 e. The van der Waals surface area contributed by atoms with Crippen LogP contribution in [-0.4, -0.2) is 12.6 Å². The Labute approximate surface area is 126 Å². The molecule has 0 amide bonds. The molecule has 1 aromatic rings. The van der Waals surface area contributed by atoms with Gasteiger partial charge in [0.25, 0.3) is 0 Å². The quantitative estimate of drug-likeness (QED) is 0.820. The van der Waals surface area contributed by atoms with Crippen LogP contribution in [0.2, 0.25) is 10.0 Å². The van der Waals surface area contributed by atoms with Gasteiger partial charge in [0, 0.05) is 28.0 Å². The molecule has 1 aliphatic rings. The van der Waals surface area contributed by atoms with Crippen LogP contribution >= 0.6 is 23.2 Å². The molecule has 106 valence electrons. The third kappa shape index (κ3) is 3.09. The third-order valence-electron chi connectivity index (χ3n) is 4.50. The summed E-state index contributed by atoms with van der Waals surface area (Å²) in [7, 11) is 0. The van der Waals surface area contributed by atoms with Crippen molar-refractivity contribution in [2.45, 2.75) is 51.5 Å². The Morgan fingerprint density at radius 1 is 1.37 bits per heavy atom. The molecule has 0 aromatic heterocycles. The lowest BCUT2D eigenvalue weighted by Crippen LogP contribution is -2.42. The van der Waals surface area contributed by atoms with Gasteiger partial charge in [-0.05, 0) is 36.5 Å². The predicted molar refractivity (Wildman–Crippen MR) is 84.3 cm³/mol. The van der Waals surface area contributed by atoms with Crippen molar-refractivity contribution in [2.24, 2.45) is 5.92 Å². The molecule has 0 radical (unpaired) electrons. The highest BCUT2D eigenvalue weighted by atomic mass is 35.5. The van der Waals surface area contributed by atoms with Crippen molar-refractivity contribution in [2.75, 3.05) is 6.54 Å². The second-order valence-corrected chi connectivity index (χ2v) is 6.95. The molecule has 1 nitrogen and oxygen atoms in total. The van der Waals surface area contributed by atoms with Crippen molar-refractivity contribution >= 4 is 23.2 Å². The zero-order valence-corrected chi connectivity index (χ0v) is 13.5. The van der Waals surface area contributed by atoms with Gasteiger partial charge in [0.05, 0.1) is 0 Å². The van der Waals surface area contributed by atoms with E-state index in [-0.39, 0.29) is 5.41 Å². The molecule has 3 heteroatoms. The van der Waals surface area contributed by atoms with Gasteiger partial charge in [-0.1, -0.05) is 56.5 Å². The Balaban J connectivity index is 2.37. The number of halogens is 2. The summed E-state index contributed by atoms with van der Waals surface area (Å²) in [4.78, 5) is 0. The lowest BCUT2D eigenvalue weighted by Gasteiger charge is -2.36. The van der Waals surface area contributed by atoms with Crippen molar-refractivity contribution in [3.63, 3.8) is 0 Å². The van der Waals surface area contributed by atoms with E-state index in [4.69, 9.17) is 23.2 Å². The van der Waals surface area contributed by atoms with Crippen LogP contribution in [0.15, 0.2) is 18.2 Å². The first-order valence-corrected chi connectivity index (χ1v) is 7.90. The summed E-state index contributed by atoms with van der Waals surface area (Å²) in [5.74, 6) is 0.650. The molecule has 2 unspecified atom stereocenters. The Bertz CT molecular complexity index is 444. The Morgan fingerprint density at radius 2 is 2.11 bits per heavy atom. The maximum Gasteiger partial charge on any atom is 0.0459 e. The zero-order chi connectivity index (χ0) is 14.0. The maximum atomic E-state index is 6.47. The fraction of sp³-hybridized carbons (Fsp3) is 0.625. The average Bonchev–Trinajstić information content (AvgIpc) is 2.69. The summed E-state index contributed by atoms with van der Waals surface area (Å²) in [5, 5.41) is 5.13. The molecule has 1 N–H and O–H groups in total. The van der Waals surface area contributed by atoms with Crippen molar-refractivity contribution in [1.82, 2.24) is 5.32 Å². The summed E-state index contributed by atoms with van der Waals surface area (Å²) in [6, 6.07) is 6.45. The lowest BCUT2D eigenvalue weighted by molar-refractivity contribution is 0.308. The molecule has 2 atom stereocenters. The highest BCUT2D eigenvalue weighted by molar-refractivity contribution is 6.35. The zero-order valence-electron chi connectivity index (χ0n) is 12.0. The molecule has 2 rings (SSSR count). The molecule has 1 saturated carbocycles. The molecule has 0 saturated heterocycles. The second kappa shape index (κ2) is 6.03. The second-order valence-electron chi connectivity index (χ2n) is 6.11. The van der Waals surface area contributed by atoms with Crippen molar-refractivity contribution in [1.29, 1.82) is 0 Å². The monoisotopic (exact) mass is 299 g/mol. The highest BCUT2D eigenvalue weighted by Crippen LogP contribution is 2.47. The van der Waals surface area contributed by atoms with Gasteiger partial charge in [-0.25, -0.2) is 0 Å². The first kappa shape index (κ1) is 15.2. The van der Waals surface area contributed by atoms with Gasteiger partial charge >= 0.3 is 0 Å². The van der Waals surface area contributed by atoms with E-state index in [0.29, 0.717) is 17.0 Å². The first-order valence-electron chi connectivity index (χ1n) is 7.14. The Morgan fingerprint density at radius 3 is 2.63 bits per heavy atom. The number of hydrogen-bond donors (Lipinski definition) is 1. The minimum absolute atomic E-state index is 0.159. The molecule has 1 fully saturated rings. The molecule has 0 bridgehead atoms. The maximum absolute atomic E-state index is 6.47. The molecule has 0 heterocycles. The van der Waals surface area contributed by atoms with Crippen LogP contribution in [0.5, 0.6) is 0 Å². The van der Waals surface area contributed by atoms with Gasteiger partial charge < -0.3 is 5.32 Å². The van der Waals surface area contributed by atoms with Crippen molar-refractivity contribution in [3.05, 3.63) is 33.8 Å². The van der Waals surface area contributed by atoms with E-state index in [1.54, 1.807) is 0 Å². The summed E-state index contributed by atoms with van der Waals surface area (Å²) < 4.78 is 0. The van der Waals surface area contributed by atoms with Crippen LogP contribution in [0.3, 0.4) is 0 Å².